The summed E-state index contributed by atoms with van der Waals surface area (Å²) < 4.78 is 14.3. The molecule has 3 aromatic carbocycles. The molecule has 4 aromatic rings. The van der Waals surface area contributed by atoms with Gasteiger partial charge in [0.05, 0.1) is 32.3 Å². The maximum Gasteiger partial charge on any atom is 0.135 e. The molecule has 0 aliphatic carbocycles. The summed E-state index contributed by atoms with van der Waals surface area (Å²) in [6, 6.07) is 26.6. The van der Waals surface area contributed by atoms with Gasteiger partial charge in [0, 0.05) is 47.0 Å². The molecular formula is C42H53N2O2+. The Balaban J connectivity index is 1.49. The van der Waals surface area contributed by atoms with E-state index in [1.165, 1.54) is 39.6 Å². The molecular weight excluding hydrogens is 564 g/mol. The molecule has 0 N–H and O–H groups in total. The van der Waals surface area contributed by atoms with Crippen molar-refractivity contribution in [1.29, 1.82) is 0 Å². The van der Waals surface area contributed by atoms with Crippen LogP contribution in [-0.2, 0) is 28.7 Å². The molecule has 5 atom stereocenters. The van der Waals surface area contributed by atoms with Crippen molar-refractivity contribution in [1.82, 2.24) is 4.98 Å². The molecule has 0 saturated carbocycles. The molecule has 4 heterocycles. The van der Waals surface area contributed by atoms with Crippen molar-refractivity contribution in [3.05, 3.63) is 119 Å². The van der Waals surface area contributed by atoms with Gasteiger partial charge in [0.15, 0.2) is 0 Å². The van der Waals surface area contributed by atoms with E-state index in [2.05, 4.69) is 127 Å². The minimum absolute atomic E-state index is 0.0451. The first kappa shape index (κ1) is 32.5. The number of pyridine rings is 1. The SMILES string of the molecule is C=C[C@H]1C[N+]2(Cc3cc(C(C)(C)C)c(OC)c(C(C)(C)C)c3)CCC1C[C@@H]2[C@@H](OCc1ccccc1)c1ccnc2ccccc12. The Kier molecular flexibility index (Phi) is 8.91. The van der Waals surface area contributed by atoms with Crippen LogP contribution in [0, 0.1) is 11.8 Å². The van der Waals surface area contributed by atoms with Gasteiger partial charge >= 0.3 is 0 Å². The summed E-state index contributed by atoms with van der Waals surface area (Å²) in [5.74, 6) is 2.18. The average molecular weight is 618 g/mol. The third-order valence-corrected chi connectivity index (χ3v) is 10.8. The number of fused-ring (bicyclic) bond motifs is 4. The first-order chi connectivity index (χ1) is 21.9. The van der Waals surface area contributed by atoms with E-state index in [1.54, 1.807) is 0 Å². The molecule has 4 heteroatoms. The van der Waals surface area contributed by atoms with Crippen LogP contribution in [0.1, 0.15) is 88.3 Å². The third-order valence-electron chi connectivity index (χ3n) is 10.8. The number of rotatable bonds is 9. The maximum atomic E-state index is 7.15. The van der Waals surface area contributed by atoms with Crippen molar-refractivity contribution >= 4 is 10.9 Å². The fourth-order valence-corrected chi connectivity index (χ4v) is 8.38. The number of hydrogen-bond acceptors (Lipinski definition) is 3. The number of hydrogen-bond donors (Lipinski definition) is 0. The van der Waals surface area contributed by atoms with Crippen molar-refractivity contribution in [2.75, 3.05) is 20.2 Å². The summed E-state index contributed by atoms with van der Waals surface area (Å²) >= 11 is 0. The molecule has 7 rings (SSSR count). The zero-order chi connectivity index (χ0) is 32.7. The van der Waals surface area contributed by atoms with E-state index in [9.17, 15) is 0 Å². The molecule has 2 bridgehead atoms. The van der Waals surface area contributed by atoms with Gasteiger partial charge in [-0.25, -0.2) is 0 Å². The van der Waals surface area contributed by atoms with Crippen LogP contribution >= 0.6 is 0 Å². The molecule has 0 spiro atoms. The van der Waals surface area contributed by atoms with Gasteiger partial charge in [0.2, 0.25) is 0 Å². The van der Waals surface area contributed by atoms with Crippen molar-refractivity contribution < 1.29 is 14.0 Å². The number of nitrogens with zero attached hydrogens (tertiary/aromatic N) is 2. The van der Waals surface area contributed by atoms with Gasteiger partial charge in [0.25, 0.3) is 0 Å². The van der Waals surface area contributed by atoms with Crippen LogP contribution in [0.25, 0.3) is 10.9 Å². The summed E-state index contributed by atoms with van der Waals surface area (Å²) in [5, 5.41) is 1.19. The lowest BCUT2D eigenvalue weighted by Gasteiger charge is -2.58. The van der Waals surface area contributed by atoms with Crippen LogP contribution in [0.3, 0.4) is 0 Å². The smallest absolute Gasteiger partial charge is 0.135 e. The molecule has 0 amide bonds. The molecule has 3 fully saturated rings. The highest BCUT2D eigenvalue weighted by atomic mass is 16.5. The lowest BCUT2D eigenvalue weighted by atomic mass is 9.70. The van der Waals surface area contributed by atoms with Crippen LogP contribution in [-0.4, -0.2) is 35.7 Å². The molecule has 3 saturated heterocycles. The van der Waals surface area contributed by atoms with E-state index in [0.29, 0.717) is 24.5 Å². The second-order valence-electron chi connectivity index (χ2n) is 15.9. The van der Waals surface area contributed by atoms with Crippen molar-refractivity contribution in [2.45, 2.75) is 90.5 Å². The monoisotopic (exact) mass is 617 g/mol. The minimum atomic E-state index is -0.0657. The summed E-state index contributed by atoms with van der Waals surface area (Å²) in [6.45, 7) is 21.9. The van der Waals surface area contributed by atoms with Gasteiger partial charge in [0.1, 0.15) is 24.4 Å². The summed E-state index contributed by atoms with van der Waals surface area (Å²) in [4.78, 5) is 4.74. The fourth-order valence-electron chi connectivity index (χ4n) is 8.38. The molecule has 242 valence electrons. The van der Waals surface area contributed by atoms with E-state index in [1.807, 2.05) is 13.3 Å². The van der Waals surface area contributed by atoms with Crippen molar-refractivity contribution in [3.8, 4) is 5.75 Å². The number of ether oxygens (including phenoxy) is 2. The highest BCUT2D eigenvalue weighted by Gasteiger charge is 2.54. The predicted octanol–water partition coefficient (Wildman–Crippen LogP) is 9.71. The van der Waals surface area contributed by atoms with Gasteiger partial charge in [-0.3, -0.25) is 4.98 Å². The van der Waals surface area contributed by atoms with Crippen LogP contribution in [0.15, 0.2) is 91.6 Å². The van der Waals surface area contributed by atoms with Gasteiger partial charge in [-0.2, -0.15) is 0 Å². The highest BCUT2D eigenvalue weighted by molar-refractivity contribution is 5.82. The Morgan fingerprint density at radius 2 is 1.59 bits per heavy atom. The summed E-state index contributed by atoms with van der Waals surface area (Å²) in [6.07, 6.45) is 6.50. The van der Waals surface area contributed by atoms with Gasteiger partial charge < -0.3 is 14.0 Å². The van der Waals surface area contributed by atoms with E-state index in [-0.39, 0.29) is 16.9 Å². The van der Waals surface area contributed by atoms with Gasteiger partial charge in [-0.15, -0.1) is 6.58 Å². The summed E-state index contributed by atoms with van der Waals surface area (Å²) in [5.41, 5.74) is 7.37. The molecule has 3 aliphatic rings. The van der Waals surface area contributed by atoms with Crippen LogP contribution in [0.4, 0.5) is 0 Å². The second-order valence-corrected chi connectivity index (χ2v) is 15.9. The maximum absolute atomic E-state index is 7.15. The largest absolute Gasteiger partial charge is 0.496 e. The van der Waals surface area contributed by atoms with E-state index in [4.69, 9.17) is 14.5 Å². The Bertz CT molecular complexity index is 1640. The van der Waals surface area contributed by atoms with Crippen LogP contribution < -0.4 is 4.74 Å². The molecule has 3 aliphatic heterocycles. The standard InChI is InChI=1S/C42H53N2O2/c1-9-31-27-44(26-30-23-35(41(2,3)4)40(45-8)36(24-30)42(5,6)7)22-20-32(31)25-38(44)39(46-28-29-15-11-10-12-16-29)34-19-21-43-37-18-14-13-17-33(34)37/h9-19,21,23-24,31-32,38-39H,1,20,22,25-28H2,2-8H3/q+1/t31-,32?,38+,39-,44?/m0/s1. The zero-order valence-electron chi connectivity index (χ0n) is 29.1. The second kappa shape index (κ2) is 12.6. The highest BCUT2D eigenvalue weighted by Crippen LogP contribution is 2.50. The van der Waals surface area contributed by atoms with E-state index < -0.39 is 0 Å². The quantitative estimate of drug-likeness (QED) is 0.138. The first-order valence-corrected chi connectivity index (χ1v) is 17.1. The normalized spacial score (nSPS) is 23.8. The summed E-state index contributed by atoms with van der Waals surface area (Å²) in [7, 11) is 1.83. The van der Waals surface area contributed by atoms with Crippen LogP contribution in [0.5, 0.6) is 5.75 Å². The minimum Gasteiger partial charge on any atom is -0.496 e. The average Bonchev–Trinajstić information content (AvgIpc) is 3.04. The van der Waals surface area contributed by atoms with Crippen molar-refractivity contribution in [3.63, 3.8) is 0 Å². The Hall–Kier alpha value is -3.47. The number of methoxy groups -OCH3 is 1. The van der Waals surface area contributed by atoms with Gasteiger partial charge in [-0.05, 0) is 52.1 Å². The molecule has 46 heavy (non-hydrogen) atoms. The molecule has 2 unspecified atom stereocenters. The Labute approximate surface area is 277 Å². The topological polar surface area (TPSA) is 31.4 Å². The molecule has 4 nitrogen and oxygen atoms in total. The number of aromatic nitrogens is 1. The number of piperidine rings is 3. The zero-order valence-corrected chi connectivity index (χ0v) is 29.1. The number of benzene rings is 3. The van der Waals surface area contributed by atoms with Crippen molar-refractivity contribution in [2.24, 2.45) is 11.8 Å². The van der Waals surface area contributed by atoms with E-state index >= 15 is 0 Å². The van der Waals surface area contributed by atoms with Gasteiger partial charge in [-0.1, -0.05) is 96.1 Å². The predicted molar refractivity (Wildman–Crippen MR) is 190 cm³/mol. The van der Waals surface area contributed by atoms with Crippen LogP contribution in [0.2, 0.25) is 0 Å². The molecule has 0 radical (unpaired) electrons. The third kappa shape index (κ3) is 6.27. The van der Waals surface area contributed by atoms with E-state index in [0.717, 1.165) is 41.8 Å². The Morgan fingerprint density at radius 3 is 2.24 bits per heavy atom. The lowest BCUT2D eigenvalue weighted by molar-refractivity contribution is -0.985. The number of quaternary nitrogens is 1. The lowest BCUT2D eigenvalue weighted by Crippen LogP contribution is -2.67. The fraction of sp³-hybridized carbons (Fsp3) is 0.452. The molecule has 1 aromatic heterocycles. The first-order valence-electron chi connectivity index (χ1n) is 17.1. The Morgan fingerprint density at radius 1 is 0.913 bits per heavy atom. The number of para-hydroxylation sites is 1.